The highest BCUT2D eigenvalue weighted by molar-refractivity contribution is 5.47. The number of aromatic nitrogens is 2. The second kappa shape index (κ2) is 12.7. The van der Waals surface area contributed by atoms with Crippen molar-refractivity contribution in [3.05, 3.63) is 176 Å². The molecule has 3 atom stereocenters. The molecule has 0 saturated carbocycles. The van der Waals surface area contributed by atoms with Gasteiger partial charge < -0.3 is 14.2 Å². The van der Waals surface area contributed by atoms with Crippen molar-refractivity contribution in [2.24, 2.45) is 0 Å². The third kappa shape index (κ3) is 5.99. The van der Waals surface area contributed by atoms with Gasteiger partial charge in [0.1, 0.15) is 17.9 Å². The minimum absolute atomic E-state index is 0.0925. The van der Waals surface area contributed by atoms with Crippen molar-refractivity contribution in [2.75, 3.05) is 6.61 Å². The standard InChI is InChI=1S/C35H31FN2O5/c36-29-22-38(34(40)37-33(29)39)32-21-30(41-23-25-13-5-1-6-14-25)31(43-32)24-42-35(26-15-7-2-8-16-26,27-17-9-3-10-18-27)28-19-11-4-12-20-28/h1-20,22,30-32H,21,23-24H2,(H,37,39,40)/t30?,31-,32-/m0/s1. The van der Waals surface area contributed by atoms with Gasteiger partial charge in [-0.2, -0.15) is 4.39 Å². The van der Waals surface area contributed by atoms with Crippen molar-refractivity contribution < 1.29 is 18.6 Å². The minimum Gasteiger partial charge on any atom is -0.371 e. The molecule has 2 heterocycles. The van der Waals surface area contributed by atoms with Crippen LogP contribution in [-0.2, 0) is 26.4 Å². The lowest BCUT2D eigenvalue weighted by molar-refractivity contribution is -0.106. The van der Waals surface area contributed by atoms with Crippen LogP contribution >= 0.6 is 0 Å². The molecule has 1 unspecified atom stereocenters. The van der Waals surface area contributed by atoms with Crippen LogP contribution in [0.15, 0.2) is 137 Å². The number of hydrogen-bond acceptors (Lipinski definition) is 5. The second-order valence-corrected chi connectivity index (χ2v) is 10.4. The summed E-state index contributed by atoms with van der Waals surface area (Å²) in [6, 6.07) is 39.7. The maximum absolute atomic E-state index is 14.2. The fraction of sp³-hybridized carbons (Fsp3) is 0.200. The molecule has 4 aromatic carbocycles. The number of ether oxygens (including phenoxy) is 3. The van der Waals surface area contributed by atoms with Crippen molar-refractivity contribution in [3.8, 4) is 0 Å². The Bertz CT molecular complexity index is 1650. The molecule has 7 nitrogen and oxygen atoms in total. The maximum Gasteiger partial charge on any atom is 0.330 e. The number of rotatable bonds is 10. The van der Waals surface area contributed by atoms with Crippen LogP contribution in [0.1, 0.15) is 34.9 Å². The van der Waals surface area contributed by atoms with Crippen LogP contribution in [-0.4, -0.2) is 28.4 Å². The maximum atomic E-state index is 14.2. The van der Waals surface area contributed by atoms with Crippen LogP contribution in [0.4, 0.5) is 4.39 Å². The van der Waals surface area contributed by atoms with Crippen LogP contribution < -0.4 is 11.2 Å². The molecule has 8 heteroatoms. The van der Waals surface area contributed by atoms with E-state index in [1.807, 2.05) is 126 Å². The lowest BCUT2D eigenvalue weighted by atomic mass is 9.80. The van der Waals surface area contributed by atoms with Crippen molar-refractivity contribution in [1.29, 1.82) is 0 Å². The van der Waals surface area contributed by atoms with Gasteiger partial charge in [0.25, 0.3) is 5.56 Å². The SMILES string of the molecule is O=c1[nH]c(=O)n([C@@H]2CC(OCc3ccccc3)[C@H](COC(c3ccccc3)(c3ccccc3)c3ccccc3)O2)cc1F. The average Bonchev–Trinajstić information content (AvgIpc) is 3.47. The van der Waals surface area contributed by atoms with Gasteiger partial charge >= 0.3 is 5.69 Å². The summed E-state index contributed by atoms with van der Waals surface area (Å²) in [5.74, 6) is -1.07. The molecule has 0 aliphatic carbocycles. The summed E-state index contributed by atoms with van der Waals surface area (Å²) in [6.45, 7) is 0.406. The van der Waals surface area contributed by atoms with Crippen LogP contribution in [0, 0.1) is 5.82 Å². The van der Waals surface area contributed by atoms with Gasteiger partial charge in [0, 0.05) is 6.42 Å². The first kappa shape index (κ1) is 28.5. The topological polar surface area (TPSA) is 82.6 Å². The van der Waals surface area contributed by atoms with Gasteiger partial charge in [-0.25, -0.2) is 4.79 Å². The number of benzene rings is 4. The predicted octanol–water partition coefficient (Wildman–Crippen LogP) is 5.56. The molecule has 1 N–H and O–H groups in total. The lowest BCUT2D eigenvalue weighted by Gasteiger charge is -2.37. The van der Waals surface area contributed by atoms with Gasteiger partial charge in [-0.3, -0.25) is 14.3 Å². The lowest BCUT2D eigenvalue weighted by Crippen LogP contribution is -2.38. The molecule has 1 aliphatic heterocycles. The van der Waals surface area contributed by atoms with Crippen LogP contribution in [0.3, 0.4) is 0 Å². The smallest absolute Gasteiger partial charge is 0.330 e. The monoisotopic (exact) mass is 578 g/mol. The van der Waals surface area contributed by atoms with E-state index in [2.05, 4.69) is 0 Å². The van der Waals surface area contributed by atoms with E-state index in [1.54, 1.807) is 0 Å². The number of halogens is 1. The molecular weight excluding hydrogens is 547 g/mol. The Kier molecular flexibility index (Phi) is 8.42. The molecule has 1 saturated heterocycles. The fourth-order valence-electron chi connectivity index (χ4n) is 5.62. The first-order valence-corrected chi connectivity index (χ1v) is 14.2. The number of nitrogens with one attached hydrogen (secondary N) is 1. The number of hydrogen-bond donors (Lipinski definition) is 1. The number of nitrogens with zero attached hydrogens (tertiary/aromatic N) is 1. The van der Waals surface area contributed by atoms with Crippen molar-refractivity contribution in [2.45, 2.75) is 37.1 Å². The van der Waals surface area contributed by atoms with Crippen LogP contribution in [0.2, 0.25) is 0 Å². The summed E-state index contributed by atoms with van der Waals surface area (Å²) in [6.07, 6.45) is -0.849. The molecule has 43 heavy (non-hydrogen) atoms. The highest BCUT2D eigenvalue weighted by Gasteiger charge is 2.43. The Morgan fingerprint density at radius 1 is 0.791 bits per heavy atom. The molecule has 0 amide bonds. The summed E-state index contributed by atoms with van der Waals surface area (Å²) >= 11 is 0. The number of aromatic amines is 1. The van der Waals surface area contributed by atoms with Gasteiger partial charge in [0.2, 0.25) is 5.82 Å². The highest BCUT2D eigenvalue weighted by Crippen LogP contribution is 2.42. The number of H-pyrrole nitrogens is 1. The summed E-state index contributed by atoms with van der Waals surface area (Å²) in [7, 11) is 0. The van der Waals surface area contributed by atoms with E-state index in [-0.39, 0.29) is 13.0 Å². The summed E-state index contributed by atoms with van der Waals surface area (Å²) in [4.78, 5) is 26.3. The molecule has 0 radical (unpaired) electrons. The van der Waals surface area contributed by atoms with Gasteiger partial charge in [-0.05, 0) is 22.3 Å². The van der Waals surface area contributed by atoms with Crippen LogP contribution in [0.25, 0.3) is 0 Å². The van der Waals surface area contributed by atoms with E-state index in [9.17, 15) is 14.0 Å². The van der Waals surface area contributed by atoms with E-state index >= 15 is 0 Å². The molecule has 1 aromatic heterocycles. The first-order chi connectivity index (χ1) is 21.0. The Morgan fingerprint density at radius 2 is 1.30 bits per heavy atom. The third-order valence-electron chi connectivity index (χ3n) is 7.73. The molecule has 1 fully saturated rings. The highest BCUT2D eigenvalue weighted by atomic mass is 19.1. The molecule has 0 bridgehead atoms. The zero-order chi connectivity index (χ0) is 29.6. The summed E-state index contributed by atoms with van der Waals surface area (Å²) in [5.41, 5.74) is 0.954. The Labute approximate surface area is 248 Å². The summed E-state index contributed by atoms with van der Waals surface area (Å²) < 4.78 is 35.0. The van der Waals surface area contributed by atoms with Gasteiger partial charge in [0.15, 0.2) is 0 Å². The Balaban J connectivity index is 1.37. The molecular formula is C35H31FN2O5. The molecule has 1 aliphatic rings. The van der Waals surface area contributed by atoms with Gasteiger partial charge in [-0.1, -0.05) is 121 Å². The van der Waals surface area contributed by atoms with Crippen LogP contribution in [0.5, 0.6) is 0 Å². The average molecular weight is 579 g/mol. The Hall–Kier alpha value is -4.63. The minimum atomic E-state index is -1.07. The molecule has 218 valence electrons. The quantitative estimate of drug-likeness (QED) is 0.220. The van der Waals surface area contributed by atoms with E-state index in [4.69, 9.17) is 14.2 Å². The van der Waals surface area contributed by atoms with E-state index < -0.39 is 41.1 Å². The van der Waals surface area contributed by atoms with Gasteiger partial charge in [0.05, 0.1) is 25.5 Å². The molecule has 6 rings (SSSR count). The van der Waals surface area contributed by atoms with E-state index in [0.717, 1.165) is 33.0 Å². The summed E-state index contributed by atoms with van der Waals surface area (Å²) in [5, 5.41) is 0. The van der Waals surface area contributed by atoms with Gasteiger partial charge in [-0.15, -0.1) is 0 Å². The van der Waals surface area contributed by atoms with Crippen molar-refractivity contribution >= 4 is 0 Å². The zero-order valence-corrected chi connectivity index (χ0v) is 23.3. The Morgan fingerprint density at radius 3 is 1.84 bits per heavy atom. The first-order valence-electron chi connectivity index (χ1n) is 14.2. The largest absolute Gasteiger partial charge is 0.371 e. The molecule has 0 spiro atoms. The zero-order valence-electron chi connectivity index (χ0n) is 23.3. The predicted molar refractivity (Wildman–Crippen MR) is 160 cm³/mol. The van der Waals surface area contributed by atoms with Crippen molar-refractivity contribution in [1.82, 2.24) is 9.55 Å². The normalized spacial score (nSPS) is 18.5. The second-order valence-electron chi connectivity index (χ2n) is 10.4. The van der Waals surface area contributed by atoms with Crippen molar-refractivity contribution in [3.63, 3.8) is 0 Å². The van der Waals surface area contributed by atoms with E-state index in [0.29, 0.717) is 6.61 Å². The molecule has 5 aromatic rings. The third-order valence-corrected chi connectivity index (χ3v) is 7.73. The fourth-order valence-corrected chi connectivity index (χ4v) is 5.62. The van der Waals surface area contributed by atoms with E-state index in [1.165, 1.54) is 0 Å².